The molecule has 0 spiro atoms. The minimum Gasteiger partial charge on any atom is -0.492 e. The van der Waals surface area contributed by atoms with Crippen molar-refractivity contribution in [2.45, 2.75) is 25.1 Å². The molecule has 7 heteroatoms. The summed E-state index contributed by atoms with van der Waals surface area (Å²) in [5, 5.41) is 9.46. The standard InChI is InChI=1S/C21H23N3O3S/c1-14-8-9-15(2)18(12-14)25-10-11-28-21-23-22-20(24(21)3)19-13-26-16-6-4-5-7-17(16)27-19/h4-9,12,19H,10-11,13H2,1-3H3. The third-order valence-corrected chi connectivity index (χ3v) is 5.57. The monoisotopic (exact) mass is 397 g/mol. The zero-order chi connectivity index (χ0) is 19.5. The van der Waals surface area contributed by atoms with E-state index in [1.165, 1.54) is 5.56 Å². The maximum absolute atomic E-state index is 6.04. The second-order valence-corrected chi connectivity index (χ2v) is 7.79. The van der Waals surface area contributed by atoms with E-state index in [1.54, 1.807) is 11.8 Å². The van der Waals surface area contributed by atoms with Gasteiger partial charge in [0, 0.05) is 12.8 Å². The Kier molecular flexibility index (Phi) is 5.43. The normalized spacial score (nSPS) is 15.5. The van der Waals surface area contributed by atoms with Gasteiger partial charge in [-0.2, -0.15) is 0 Å². The van der Waals surface area contributed by atoms with Gasteiger partial charge in [-0.05, 0) is 43.2 Å². The summed E-state index contributed by atoms with van der Waals surface area (Å²) in [6, 6.07) is 13.9. The van der Waals surface area contributed by atoms with Crippen LogP contribution in [-0.2, 0) is 7.05 Å². The third-order valence-electron chi connectivity index (χ3n) is 4.58. The van der Waals surface area contributed by atoms with Gasteiger partial charge in [0.1, 0.15) is 12.4 Å². The molecule has 3 aromatic rings. The molecule has 0 saturated heterocycles. The van der Waals surface area contributed by atoms with Crippen molar-refractivity contribution >= 4 is 11.8 Å². The molecule has 0 amide bonds. The molecule has 146 valence electrons. The van der Waals surface area contributed by atoms with Crippen LogP contribution in [0.15, 0.2) is 47.6 Å². The van der Waals surface area contributed by atoms with Crippen molar-refractivity contribution < 1.29 is 14.2 Å². The Morgan fingerprint density at radius 2 is 1.96 bits per heavy atom. The highest BCUT2D eigenvalue weighted by molar-refractivity contribution is 7.99. The summed E-state index contributed by atoms with van der Waals surface area (Å²) in [4.78, 5) is 0. The lowest BCUT2D eigenvalue weighted by atomic mass is 10.1. The Morgan fingerprint density at radius 3 is 2.82 bits per heavy atom. The Morgan fingerprint density at radius 1 is 1.14 bits per heavy atom. The number of hydrogen-bond acceptors (Lipinski definition) is 6. The minimum absolute atomic E-state index is 0.270. The molecule has 0 bridgehead atoms. The van der Waals surface area contributed by atoms with E-state index in [9.17, 15) is 0 Å². The van der Waals surface area contributed by atoms with E-state index in [2.05, 4.69) is 42.2 Å². The minimum atomic E-state index is -0.270. The number of benzene rings is 2. The molecule has 1 atom stereocenters. The summed E-state index contributed by atoms with van der Waals surface area (Å²) in [6.45, 7) is 5.15. The van der Waals surface area contributed by atoms with Gasteiger partial charge in [0.05, 0.1) is 6.61 Å². The summed E-state index contributed by atoms with van der Waals surface area (Å²) in [6.07, 6.45) is -0.270. The molecule has 1 aliphatic heterocycles. The lowest BCUT2D eigenvalue weighted by molar-refractivity contribution is 0.0825. The number of fused-ring (bicyclic) bond motifs is 1. The number of aryl methyl sites for hydroxylation is 2. The highest BCUT2D eigenvalue weighted by Gasteiger charge is 2.27. The second kappa shape index (κ2) is 8.14. The van der Waals surface area contributed by atoms with Gasteiger partial charge >= 0.3 is 0 Å². The molecular formula is C21H23N3O3S. The first kappa shape index (κ1) is 18.7. The fourth-order valence-electron chi connectivity index (χ4n) is 3.03. The molecule has 0 radical (unpaired) electrons. The Balaban J connectivity index is 1.35. The van der Waals surface area contributed by atoms with E-state index in [1.807, 2.05) is 35.9 Å². The summed E-state index contributed by atoms with van der Waals surface area (Å²) in [7, 11) is 1.95. The molecule has 1 aromatic heterocycles. The van der Waals surface area contributed by atoms with E-state index < -0.39 is 0 Å². The fourth-order valence-corrected chi connectivity index (χ4v) is 3.76. The Labute approximate surface area is 168 Å². The fraction of sp³-hybridized carbons (Fsp3) is 0.333. The first-order chi connectivity index (χ1) is 13.6. The van der Waals surface area contributed by atoms with Gasteiger partial charge in [-0.1, -0.05) is 36.0 Å². The maximum Gasteiger partial charge on any atom is 0.192 e. The highest BCUT2D eigenvalue weighted by atomic mass is 32.2. The molecule has 1 unspecified atom stereocenters. The van der Waals surface area contributed by atoms with Crippen LogP contribution in [0.4, 0.5) is 0 Å². The molecule has 2 heterocycles. The average molecular weight is 398 g/mol. The quantitative estimate of drug-likeness (QED) is 0.461. The van der Waals surface area contributed by atoms with Crippen molar-refractivity contribution in [1.82, 2.24) is 14.8 Å². The number of nitrogens with zero attached hydrogens (tertiary/aromatic N) is 3. The van der Waals surface area contributed by atoms with Gasteiger partial charge in [-0.15, -0.1) is 10.2 Å². The molecule has 6 nitrogen and oxygen atoms in total. The average Bonchev–Trinajstić information content (AvgIpc) is 3.08. The van der Waals surface area contributed by atoms with Crippen LogP contribution in [0.1, 0.15) is 23.1 Å². The molecular weight excluding hydrogens is 374 g/mol. The van der Waals surface area contributed by atoms with Crippen LogP contribution in [0.5, 0.6) is 17.2 Å². The number of hydrogen-bond donors (Lipinski definition) is 0. The number of rotatable bonds is 6. The number of aromatic nitrogens is 3. The van der Waals surface area contributed by atoms with Gasteiger partial charge in [0.15, 0.2) is 28.6 Å². The van der Waals surface area contributed by atoms with Crippen LogP contribution >= 0.6 is 11.8 Å². The molecule has 28 heavy (non-hydrogen) atoms. The largest absolute Gasteiger partial charge is 0.492 e. The second-order valence-electron chi connectivity index (χ2n) is 6.73. The van der Waals surface area contributed by atoms with Gasteiger partial charge in [0.2, 0.25) is 0 Å². The topological polar surface area (TPSA) is 58.4 Å². The summed E-state index contributed by atoms with van der Waals surface area (Å²) >= 11 is 1.61. The number of thioether (sulfide) groups is 1. The smallest absolute Gasteiger partial charge is 0.192 e. The van der Waals surface area contributed by atoms with E-state index in [4.69, 9.17) is 14.2 Å². The van der Waals surface area contributed by atoms with Crippen LogP contribution in [0.2, 0.25) is 0 Å². The zero-order valence-corrected chi connectivity index (χ0v) is 17.0. The number of ether oxygens (including phenoxy) is 3. The van der Waals surface area contributed by atoms with Gasteiger partial charge < -0.3 is 18.8 Å². The van der Waals surface area contributed by atoms with Crippen molar-refractivity contribution in [3.63, 3.8) is 0 Å². The molecule has 0 aliphatic carbocycles. The maximum atomic E-state index is 6.04. The molecule has 0 N–H and O–H groups in total. The van der Waals surface area contributed by atoms with Crippen molar-refractivity contribution in [3.8, 4) is 17.2 Å². The van der Waals surface area contributed by atoms with Gasteiger partial charge in [-0.25, -0.2) is 0 Å². The van der Waals surface area contributed by atoms with Crippen molar-refractivity contribution in [1.29, 1.82) is 0 Å². The molecule has 2 aromatic carbocycles. The van der Waals surface area contributed by atoms with Crippen LogP contribution in [0, 0.1) is 13.8 Å². The first-order valence-corrected chi connectivity index (χ1v) is 10.2. The van der Waals surface area contributed by atoms with Gasteiger partial charge in [0.25, 0.3) is 0 Å². The Hall–Kier alpha value is -2.67. The van der Waals surface area contributed by atoms with Crippen molar-refractivity contribution in [3.05, 3.63) is 59.4 Å². The summed E-state index contributed by atoms with van der Waals surface area (Å²) in [5.74, 6) is 3.97. The molecule has 0 saturated carbocycles. The first-order valence-electron chi connectivity index (χ1n) is 9.22. The predicted octanol–water partition coefficient (Wildman–Crippen LogP) is 4.12. The van der Waals surface area contributed by atoms with E-state index in [-0.39, 0.29) is 6.10 Å². The lowest BCUT2D eigenvalue weighted by Crippen LogP contribution is -2.24. The van der Waals surface area contributed by atoms with E-state index in [0.29, 0.717) is 13.2 Å². The third kappa shape index (κ3) is 3.94. The van der Waals surface area contributed by atoms with Crippen LogP contribution < -0.4 is 14.2 Å². The van der Waals surface area contributed by atoms with Crippen LogP contribution in [0.25, 0.3) is 0 Å². The zero-order valence-electron chi connectivity index (χ0n) is 16.2. The van der Waals surface area contributed by atoms with E-state index >= 15 is 0 Å². The van der Waals surface area contributed by atoms with Crippen LogP contribution in [0.3, 0.4) is 0 Å². The predicted molar refractivity (Wildman–Crippen MR) is 108 cm³/mol. The SMILES string of the molecule is Cc1ccc(C)c(OCCSc2nnc(C3COc4ccccc4O3)n2C)c1. The molecule has 0 fully saturated rings. The van der Waals surface area contributed by atoms with Crippen LogP contribution in [-0.4, -0.2) is 33.7 Å². The molecule has 4 rings (SSSR count). The van der Waals surface area contributed by atoms with Gasteiger partial charge in [-0.3, -0.25) is 0 Å². The lowest BCUT2D eigenvalue weighted by Gasteiger charge is -2.25. The molecule has 1 aliphatic rings. The van der Waals surface area contributed by atoms with Crippen molar-refractivity contribution in [2.75, 3.05) is 19.0 Å². The summed E-state index contributed by atoms with van der Waals surface area (Å²) in [5.41, 5.74) is 2.34. The van der Waals surface area contributed by atoms with E-state index in [0.717, 1.165) is 39.5 Å². The number of para-hydroxylation sites is 2. The van der Waals surface area contributed by atoms with Crippen molar-refractivity contribution in [2.24, 2.45) is 7.05 Å². The Bertz CT molecular complexity index is 973. The highest BCUT2D eigenvalue weighted by Crippen LogP contribution is 2.35. The summed E-state index contributed by atoms with van der Waals surface area (Å²) < 4.78 is 19.7.